The molecule has 6 heteroatoms. The van der Waals surface area contributed by atoms with Crippen molar-refractivity contribution < 1.29 is 9.53 Å². The number of nitrogens with zero attached hydrogens (tertiary/aromatic N) is 1. The number of halogens is 2. The molecule has 2 heterocycles. The highest BCUT2D eigenvalue weighted by Gasteiger charge is 2.37. The molecule has 1 aromatic rings. The number of hydrogen-bond acceptors (Lipinski definition) is 3. The third-order valence-electron chi connectivity index (χ3n) is 5.35. The number of benzene rings is 1. The Morgan fingerprint density at radius 1 is 1.33 bits per heavy atom. The molecule has 0 aliphatic carbocycles. The van der Waals surface area contributed by atoms with Gasteiger partial charge in [-0.3, -0.25) is 4.79 Å². The summed E-state index contributed by atoms with van der Waals surface area (Å²) in [6.07, 6.45) is 4.82. The Hall–Kier alpha value is -0.970. The average molecular weight is 373 g/mol. The summed E-state index contributed by atoms with van der Waals surface area (Å²) in [6.45, 7) is 4.07. The van der Waals surface area contributed by atoms with Gasteiger partial charge < -0.3 is 15.0 Å². The average Bonchev–Trinajstić information content (AvgIpc) is 3.01. The number of aryl methyl sites for hydroxylation is 1. The van der Waals surface area contributed by atoms with Gasteiger partial charge in [0.15, 0.2) is 0 Å². The van der Waals surface area contributed by atoms with Crippen LogP contribution in [-0.4, -0.2) is 44.1 Å². The van der Waals surface area contributed by atoms with Gasteiger partial charge in [-0.2, -0.15) is 0 Å². The molecule has 0 unspecified atom stereocenters. The summed E-state index contributed by atoms with van der Waals surface area (Å²) < 4.78 is 5.15. The highest BCUT2D eigenvalue weighted by molar-refractivity contribution is 6.32. The molecule has 2 aliphatic heterocycles. The molecule has 0 radical (unpaired) electrons. The molecule has 1 amide bonds. The fraction of sp³-hybridized carbons (Fsp3) is 0.611. The number of ether oxygens (including phenoxy) is 1. The van der Waals surface area contributed by atoms with Crippen molar-refractivity contribution in [2.45, 2.75) is 32.1 Å². The van der Waals surface area contributed by atoms with Crippen LogP contribution in [0.2, 0.25) is 5.02 Å². The van der Waals surface area contributed by atoms with Crippen molar-refractivity contribution in [2.24, 2.45) is 5.41 Å². The molecule has 3 rings (SSSR count). The number of carbonyl (C=O) groups excluding carboxylic acids is 1. The quantitative estimate of drug-likeness (QED) is 0.881. The van der Waals surface area contributed by atoms with E-state index in [0.29, 0.717) is 22.6 Å². The van der Waals surface area contributed by atoms with Crippen molar-refractivity contribution in [1.82, 2.24) is 10.2 Å². The molecule has 0 atom stereocenters. The van der Waals surface area contributed by atoms with E-state index in [1.807, 2.05) is 23.1 Å². The number of likely N-dealkylation sites (tertiary alicyclic amines) is 1. The maximum atomic E-state index is 12.4. The van der Waals surface area contributed by atoms with Gasteiger partial charge in [0, 0.05) is 26.1 Å². The van der Waals surface area contributed by atoms with E-state index in [0.717, 1.165) is 51.0 Å². The molecular weight excluding hydrogens is 347 g/mol. The van der Waals surface area contributed by atoms with Crippen LogP contribution in [0.4, 0.5) is 0 Å². The standard InChI is InChI=1S/C18H25ClN2O2.ClH/c1-23-16-4-2-14(12-15(16)19)3-5-17(22)21-10-7-18(8-11-21)6-9-20-13-18;/h2,4,12,20H,3,5-11,13H2,1H3;1H. The predicted octanol–water partition coefficient (Wildman–Crippen LogP) is 3.31. The zero-order valence-corrected chi connectivity index (χ0v) is 15.7. The van der Waals surface area contributed by atoms with Gasteiger partial charge >= 0.3 is 0 Å². The molecule has 1 N–H and O–H groups in total. The van der Waals surface area contributed by atoms with Crippen LogP contribution in [0.25, 0.3) is 0 Å². The predicted molar refractivity (Wildman–Crippen MR) is 99.3 cm³/mol. The Balaban J connectivity index is 0.00000208. The van der Waals surface area contributed by atoms with Gasteiger partial charge in [0.2, 0.25) is 5.91 Å². The first-order valence-electron chi connectivity index (χ1n) is 8.43. The first-order valence-corrected chi connectivity index (χ1v) is 8.81. The summed E-state index contributed by atoms with van der Waals surface area (Å²) in [5.74, 6) is 0.936. The molecule has 2 saturated heterocycles. The minimum Gasteiger partial charge on any atom is -0.495 e. The summed E-state index contributed by atoms with van der Waals surface area (Å²) in [4.78, 5) is 14.5. The summed E-state index contributed by atoms with van der Waals surface area (Å²) >= 11 is 6.14. The third kappa shape index (κ3) is 4.35. The van der Waals surface area contributed by atoms with Crippen LogP contribution in [0.15, 0.2) is 18.2 Å². The summed E-state index contributed by atoms with van der Waals surface area (Å²) in [5.41, 5.74) is 1.54. The van der Waals surface area contributed by atoms with Gasteiger partial charge in [-0.25, -0.2) is 0 Å². The van der Waals surface area contributed by atoms with Gasteiger partial charge in [-0.15, -0.1) is 12.4 Å². The number of methoxy groups -OCH3 is 1. The van der Waals surface area contributed by atoms with E-state index in [-0.39, 0.29) is 18.3 Å². The minimum absolute atomic E-state index is 0. The Morgan fingerprint density at radius 2 is 2.08 bits per heavy atom. The Morgan fingerprint density at radius 3 is 2.67 bits per heavy atom. The van der Waals surface area contributed by atoms with Crippen molar-refractivity contribution >= 4 is 29.9 Å². The van der Waals surface area contributed by atoms with Crippen LogP contribution in [0.1, 0.15) is 31.2 Å². The van der Waals surface area contributed by atoms with E-state index in [9.17, 15) is 4.79 Å². The zero-order chi connectivity index (χ0) is 16.3. The molecule has 0 saturated carbocycles. The fourth-order valence-electron chi connectivity index (χ4n) is 3.73. The molecule has 1 spiro atoms. The number of hydrogen-bond donors (Lipinski definition) is 1. The SMILES string of the molecule is COc1ccc(CCC(=O)N2CCC3(CCNC3)CC2)cc1Cl.Cl. The van der Waals surface area contributed by atoms with Crippen molar-refractivity contribution in [1.29, 1.82) is 0 Å². The van der Waals surface area contributed by atoms with Crippen LogP contribution in [0, 0.1) is 5.41 Å². The summed E-state index contributed by atoms with van der Waals surface area (Å²) in [6, 6.07) is 5.73. The lowest BCUT2D eigenvalue weighted by Gasteiger charge is -2.39. The molecule has 4 nitrogen and oxygen atoms in total. The third-order valence-corrected chi connectivity index (χ3v) is 5.65. The molecule has 0 aromatic heterocycles. The van der Waals surface area contributed by atoms with E-state index < -0.39 is 0 Å². The van der Waals surface area contributed by atoms with E-state index in [1.165, 1.54) is 6.42 Å². The second-order valence-electron chi connectivity index (χ2n) is 6.78. The highest BCUT2D eigenvalue weighted by Crippen LogP contribution is 2.37. The molecule has 2 aliphatic rings. The van der Waals surface area contributed by atoms with Crippen LogP contribution in [0.5, 0.6) is 5.75 Å². The number of amides is 1. The zero-order valence-electron chi connectivity index (χ0n) is 14.1. The van der Waals surface area contributed by atoms with Gasteiger partial charge in [0.05, 0.1) is 12.1 Å². The van der Waals surface area contributed by atoms with E-state index >= 15 is 0 Å². The number of piperidine rings is 1. The van der Waals surface area contributed by atoms with Crippen molar-refractivity contribution in [3.63, 3.8) is 0 Å². The smallest absolute Gasteiger partial charge is 0.222 e. The van der Waals surface area contributed by atoms with Gasteiger partial charge in [-0.1, -0.05) is 17.7 Å². The van der Waals surface area contributed by atoms with Crippen LogP contribution >= 0.6 is 24.0 Å². The normalized spacial score (nSPS) is 19.2. The fourth-order valence-corrected chi connectivity index (χ4v) is 4.01. The second kappa shape index (κ2) is 8.41. The van der Waals surface area contributed by atoms with Crippen molar-refractivity contribution in [3.8, 4) is 5.75 Å². The first-order chi connectivity index (χ1) is 11.1. The van der Waals surface area contributed by atoms with Crippen LogP contribution < -0.4 is 10.1 Å². The summed E-state index contributed by atoms with van der Waals surface area (Å²) in [7, 11) is 1.60. The minimum atomic E-state index is 0. The van der Waals surface area contributed by atoms with Crippen LogP contribution in [0.3, 0.4) is 0 Å². The molecular formula is C18H26Cl2N2O2. The van der Waals surface area contributed by atoms with E-state index in [1.54, 1.807) is 7.11 Å². The first kappa shape index (κ1) is 19.4. The Labute approximate surface area is 155 Å². The lowest BCUT2D eigenvalue weighted by atomic mass is 9.78. The van der Waals surface area contributed by atoms with Crippen LogP contribution in [-0.2, 0) is 11.2 Å². The lowest BCUT2D eigenvalue weighted by molar-refractivity contribution is -0.133. The second-order valence-corrected chi connectivity index (χ2v) is 7.18. The highest BCUT2D eigenvalue weighted by atomic mass is 35.5. The topological polar surface area (TPSA) is 41.6 Å². The Kier molecular flexibility index (Phi) is 6.79. The van der Waals surface area contributed by atoms with E-state index in [2.05, 4.69) is 5.32 Å². The molecule has 0 bridgehead atoms. The van der Waals surface area contributed by atoms with E-state index in [4.69, 9.17) is 16.3 Å². The number of nitrogens with one attached hydrogen (secondary N) is 1. The number of rotatable bonds is 4. The van der Waals surface area contributed by atoms with Gasteiger partial charge in [0.1, 0.15) is 5.75 Å². The molecule has 134 valence electrons. The maximum absolute atomic E-state index is 12.4. The largest absolute Gasteiger partial charge is 0.495 e. The molecule has 24 heavy (non-hydrogen) atoms. The monoisotopic (exact) mass is 372 g/mol. The van der Waals surface area contributed by atoms with Gasteiger partial charge in [-0.05, 0) is 55.3 Å². The Bertz CT molecular complexity index is 564. The van der Waals surface area contributed by atoms with Gasteiger partial charge in [0.25, 0.3) is 0 Å². The molecule has 2 fully saturated rings. The lowest BCUT2D eigenvalue weighted by Crippen LogP contribution is -2.44. The molecule has 1 aromatic carbocycles. The van der Waals surface area contributed by atoms with Crippen molar-refractivity contribution in [2.75, 3.05) is 33.3 Å². The van der Waals surface area contributed by atoms with Crippen molar-refractivity contribution in [3.05, 3.63) is 28.8 Å². The number of carbonyl (C=O) groups is 1. The summed E-state index contributed by atoms with van der Waals surface area (Å²) in [5, 5.41) is 4.06. The maximum Gasteiger partial charge on any atom is 0.222 e.